The summed E-state index contributed by atoms with van der Waals surface area (Å²) in [6, 6.07) is 4.07. The third-order valence-electron chi connectivity index (χ3n) is 2.50. The molecular weight excluding hydrogens is 210 g/mol. The number of hydrogen-bond acceptors (Lipinski definition) is 3. The minimum absolute atomic E-state index is 0.0336. The summed E-state index contributed by atoms with van der Waals surface area (Å²) in [5, 5.41) is 3.46. The zero-order chi connectivity index (χ0) is 13.3. The fourth-order valence-electron chi connectivity index (χ4n) is 1.46. The van der Waals surface area contributed by atoms with E-state index in [-0.39, 0.29) is 11.0 Å². The van der Waals surface area contributed by atoms with E-state index < -0.39 is 0 Å². The van der Waals surface area contributed by atoms with Gasteiger partial charge >= 0.3 is 0 Å². The highest BCUT2D eigenvalue weighted by Gasteiger charge is 2.17. The van der Waals surface area contributed by atoms with Gasteiger partial charge in [0.05, 0.1) is 0 Å². The van der Waals surface area contributed by atoms with Crippen LogP contribution < -0.4 is 11.1 Å². The van der Waals surface area contributed by atoms with Crippen LogP contribution in [0.15, 0.2) is 12.1 Å². The molecule has 0 spiro atoms. The SMILES string of the molecule is CC(C)(C)NCc1cc(N)nc(C(C)(C)C)c1. The molecular formula is C14H25N3. The monoisotopic (exact) mass is 235 g/mol. The molecule has 0 aromatic carbocycles. The maximum atomic E-state index is 5.86. The van der Waals surface area contributed by atoms with Crippen molar-refractivity contribution in [2.45, 2.75) is 59.0 Å². The van der Waals surface area contributed by atoms with Gasteiger partial charge in [-0.3, -0.25) is 0 Å². The first-order valence-corrected chi connectivity index (χ1v) is 6.10. The minimum Gasteiger partial charge on any atom is -0.384 e. The zero-order valence-electron chi connectivity index (χ0n) is 11.9. The van der Waals surface area contributed by atoms with Gasteiger partial charge in [0.1, 0.15) is 5.82 Å². The highest BCUT2D eigenvalue weighted by Crippen LogP contribution is 2.22. The average Bonchev–Trinajstić information content (AvgIpc) is 2.11. The summed E-state index contributed by atoms with van der Waals surface area (Å²) in [6.07, 6.45) is 0. The highest BCUT2D eigenvalue weighted by molar-refractivity contribution is 5.36. The summed E-state index contributed by atoms with van der Waals surface area (Å²) in [5.41, 5.74) is 8.24. The molecule has 0 bridgehead atoms. The van der Waals surface area contributed by atoms with Crippen LogP contribution in [0, 0.1) is 0 Å². The van der Waals surface area contributed by atoms with Crippen molar-refractivity contribution >= 4 is 5.82 Å². The van der Waals surface area contributed by atoms with E-state index in [1.807, 2.05) is 6.07 Å². The van der Waals surface area contributed by atoms with Crippen molar-refractivity contribution in [2.24, 2.45) is 0 Å². The molecule has 0 unspecified atom stereocenters. The Balaban J connectivity index is 2.91. The van der Waals surface area contributed by atoms with Crippen molar-refractivity contribution in [1.29, 1.82) is 0 Å². The summed E-state index contributed by atoms with van der Waals surface area (Å²) in [7, 11) is 0. The molecule has 96 valence electrons. The number of nitrogens with two attached hydrogens (primary N) is 1. The van der Waals surface area contributed by atoms with E-state index in [1.54, 1.807) is 0 Å². The van der Waals surface area contributed by atoms with Crippen LogP contribution in [0.25, 0.3) is 0 Å². The van der Waals surface area contributed by atoms with E-state index in [4.69, 9.17) is 5.73 Å². The molecule has 3 nitrogen and oxygen atoms in total. The van der Waals surface area contributed by atoms with Crippen LogP contribution in [-0.4, -0.2) is 10.5 Å². The highest BCUT2D eigenvalue weighted by atomic mass is 14.9. The fourth-order valence-corrected chi connectivity index (χ4v) is 1.46. The quantitative estimate of drug-likeness (QED) is 0.828. The predicted molar refractivity (Wildman–Crippen MR) is 73.9 cm³/mol. The summed E-state index contributed by atoms with van der Waals surface area (Å²) in [6.45, 7) is 13.7. The Morgan fingerprint density at radius 3 is 2.18 bits per heavy atom. The van der Waals surface area contributed by atoms with Crippen molar-refractivity contribution in [3.05, 3.63) is 23.4 Å². The average molecular weight is 235 g/mol. The Kier molecular flexibility index (Phi) is 3.82. The van der Waals surface area contributed by atoms with Crippen LogP contribution in [0.4, 0.5) is 5.82 Å². The minimum atomic E-state index is 0.0336. The van der Waals surface area contributed by atoms with E-state index in [0.717, 1.165) is 12.2 Å². The first-order valence-electron chi connectivity index (χ1n) is 6.10. The Hall–Kier alpha value is -1.09. The van der Waals surface area contributed by atoms with Crippen LogP contribution in [0.2, 0.25) is 0 Å². The maximum Gasteiger partial charge on any atom is 0.123 e. The Morgan fingerprint density at radius 1 is 1.12 bits per heavy atom. The molecule has 0 aliphatic rings. The van der Waals surface area contributed by atoms with E-state index in [0.29, 0.717) is 5.82 Å². The number of aromatic nitrogens is 1. The number of nitrogens with one attached hydrogen (secondary N) is 1. The van der Waals surface area contributed by atoms with Gasteiger partial charge in [-0.25, -0.2) is 4.98 Å². The van der Waals surface area contributed by atoms with Crippen LogP contribution in [-0.2, 0) is 12.0 Å². The number of nitrogens with zero attached hydrogens (tertiary/aromatic N) is 1. The molecule has 0 radical (unpaired) electrons. The van der Waals surface area contributed by atoms with Crippen LogP contribution in [0.1, 0.15) is 52.8 Å². The van der Waals surface area contributed by atoms with Crippen molar-refractivity contribution in [1.82, 2.24) is 10.3 Å². The van der Waals surface area contributed by atoms with E-state index >= 15 is 0 Å². The smallest absolute Gasteiger partial charge is 0.123 e. The summed E-state index contributed by atoms with van der Waals surface area (Å²) >= 11 is 0. The topological polar surface area (TPSA) is 50.9 Å². The van der Waals surface area contributed by atoms with Gasteiger partial charge in [-0.1, -0.05) is 20.8 Å². The molecule has 0 aliphatic carbocycles. The van der Waals surface area contributed by atoms with Crippen molar-refractivity contribution in [3.63, 3.8) is 0 Å². The van der Waals surface area contributed by atoms with Gasteiger partial charge in [0.15, 0.2) is 0 Å². The maximum absolute atomic E-state index is 5.86. The Labute approximate surface area is 105 Å². The molecule has 17 heavy (non-hydrogen) atoms. The lowest BCUT2D eigenvalue weighted by atomic mass is 9.90. The number of hydrogen-bond donors (Lipinski definition) is 2. The lowest BCUT2D eigenvalue weighted by molar-refractivity contribution is 0.424. The van der Waals surface area contributed by atoms with E-state index in [9.17, 15) is 0 Å². The van der Waals surface area contributed by atoms with Crippen molar-refractivity contribution < 1.29 is 0 Å². The molecule has 0 saturated heterocycles. The first kappa shape index (κ1) is 14.0. The second kappa shape index (κ2) is 4.65. The standard InChI is InChI=1S/C14H25N3/c1-13(2,3)11-7-10(8-12(15)17-11)9-16-14(4,5)6/h7-8,16H,9H2,1-6H3,(H2,15,17). The van der Waals surface area contributed by atoms with Crippen LogP contribution >= 0.6 is 0 Å². The van der Waals surface area contributed by atoms with Gasteiger partial charge in [-0.15, -0.1) is 0 Å². The van der Waals surface area contributed by atoms with Gasteiger partial charge in [0.2, 0.25) is 0 Å². The van der Waals surface area contributed by atoms with Gasteiger partial charge in [-0.05, 0) is 38.5 Å². The van der Waals surface area contributed by atoms with Crippen molar-refractivity contribution in [2.75, 3.05) is 5.73 Å². The number of anilines is 1. The lowest BCUT2D eigenvalue weighted by Gasteiger charge is -2.22. The largest absolute Gasteiger partial charge is 0.384 e. The molecule has 1 rings (SSSR count). The lowest BCUT2D eigenvalue weighted by Crippen LogP contribution is -2.35. The van der Waals surface area contributed by atoms with Gasteiger partial charge < -0.3 is 11.1 Å². The molecule has 0 amide bonds. The molecule has 0 saturated carbocycles. The van der Waals surface area contributed by atoms with Gasteiger partial charge in [-0.2, -0.15) is 0 Å². The number of pyridine rings is 1. The third-order valence-corrected chi connectivity index (χ3v) is 2.50. The molecule has 1 heterocycles. The van der Waals surface area contributed by atoms with Crippen molar-refractivity contribution in [3.8, 4) is 0 Å². The summed E-state index contributed by atoms with van der Waals surface area (Å²) < 4.78 is 0. The molecule has 0 atom stereocenters. The first-order chi connectivity index (χ1) is 7.58. The molecule has 0 aliphatic heterocycles. The van der Waals surface area contributed by atoms with Crippen LogP contribution in [0.5, 0.6) is 0 Å². The van der Waals surface area contributed by atoms with Gasteiger partial charge in [0, 0.05) is 23.2 Å². The zero-order valence-corrected chi connectivity index (χ0v) is 11.9. The third kappa shape index (κ3) is 4.73. The number of rotatable bonds is 2. The molecule has 1 aromatic rings. The molecule has 3 heteroatoms. The predicted octanol–water partition coefficient (Wildman–Crippen LogP) is 2.85. The number of nitrogen functional groups attached to an aromatic ring is 1. The second-order valence-electron chi connectivity index (χ2n) is 6.64. The van der Waals surface area contributed by atoms with E-state index in [1.165, 1.54) is 5.56 Å². The molecule has 1 aromatic heterocycles. The summed E-state index contributed by atoms with van der Waals surface area (Å²) in [5.74, 6) is 0.600. The van der Waals surface area contributed by atoms with Gasteiger partial charge in [0.25, 0.3) is 0 Å². The molecule has 3 N–H and O–H groups in total. The van der Waals surface area contributed by atoms with E-state index in [2.05, 4.69) is 57.9 Å². The Bertz CT molecular complexity index is 383. The van der Waals surface area contributed by atoms with Crippen LogP contribution in [0.3, 0.4) is 0 Å². The normalized spacial score (nSPS) is 12.8. The fraction of sp³-hybridized carbons (Fsp3) is 0.643. The molecule has 0 fully saturated rings. The summed E-state index contributed by atoms with van der Waals surface area (Å²) in [4.78, 5) is 4.40. The Morgan fingerprint density at radius 2 is 1.71 bits per heavy atom. The second-order valence-corrected chi connectivity index (χ2v) is 6.64.